The predicted molar refractivity (Wildman–Crippen MR) is 100.0 cm³/mol. The smallest absolute Gasteiger partial charge is 0.170 e. The minimum absolute atomic E-state index is 0.0354. The zero-order valence-electron chi connectivity index (χ0n) is 15.1. The molecule has 0 amide bonds. The number of ketones is 2. The van der Waals surface area contributed by atoms with Crippen LogP contribution in [0.1, 0.15) is 55.2 Å². The van der Waals surface area contributed by atoms with E-state index in [2.05, 4.69) is 32.0 Å². The van der Waals surface area contributed by atoms with E-state index in [0.717, 1.165) is 11.1 Å². The first-order valence-electron chi connectivity index (χ1n) is 8.91. The molecule has 3 heteroatoms. The maximum Gasteiger partial charge on any atom is 0.170 e. The molecule has 0 bridgehead atoms. The van der Waals surface area contributed by atoms with Crippen molar-refractivity contribution in [3.63, 3.8) is 0 Å². The molecule has 0 saturated heterocycles. The summed E-state index contributed by atoms with van der Waals surface area (Å²) in [7, 11) is 0. The lowest BCUT2D eigenvalue weighted by Gasteiger charge is -2.25. The average molecular weight is 336 g/mol. The molecule has 1 unspecified atom stereocenters. The maximum absolute atomic E-state index is 12.5. The van der Waals surface area contributed by atoms with Gasteiger partial charge in [0.15, 0.2) is 11.6 Å². The van der Waals surface area contributed by atoms with Crippen LogP contribution in [-0.2, 0) is 9.59 Å². The standard InChI is InChI=1S/C22H24O3/c1-4-7-19(23)22-20(24)11-15(12-21(22)25)18-10-13(2)16-8-5-6-9-17(16)14(18)3/h5-6,8-10,15,24H,4,7,11-12H2,1-3H3. The Morgan fingerprint density at radius 3 is 2.48 bits per heavy atom. The molecule has 0 saturated carbocycles. The number of aryl methyl sites for hydroxylation is 2. The average Bonchev–Trinajstić information content (AvgIpc) is 2.57. The largest absolute Gasteiger partial charge is 0.511 e. The summed E-state index contributed by atoms with van der Waals surface area (Å²) < 4.78 is 0. The quantitative estimate of drug-likeness (QED) is 0.792. The van der Waals surface area contributed by atoms with Gasteiger partial charge >= 0.3 is 0 Å². The van der Waals surface area contributed by atoms with E-state index in [1.807, 2.05) is 19.1 Å². The fourth-order valence-corrected chi connectivity index (χ4v) is 3.94. The summed E-state index contributed by atoms with van der Waals surface area (Å²) in [5.41, 5.74) is 3.45. The number of carbonyl (C=O) groups is 2. The van der Waals surface area contributed by atoms with Gasteiger partial charge < -0.3 is 5.11 Å². The van der Waals surface area contributed by atoms with Crippen LogP contribution < -0.4 is 0 Å². The third-order valence-corrected chi connectivity index (χ3v) is 5.20. The molecule has 1 aliphatic carbocycles. The topological polar surface area (TPSA) is 54.4 Å². The van der Waals surface area contributed by atoms with E-state index in [1.165, 1.54) is 16.3 Å². The van der Waals surface area contributed by atoms with Crippen molar-refractivity contribution in [2.24, 2.45) is 0 Å². The highest BCUT2D eigenvalue weighted by atomic mass is 16.3. The molecule has 2 aromatic carbocycles. The van der Waals surface area contributed by atoms with Crippen molar-refractivity contribution in [1.29, 1.82) is 0 Å². The summed E-state index contributed by atoms with van der Waals surface area (Å²) in [5.74, 6) is -0.564. The number of aliphatic hydroxyl groups excluding tert-OH is 1. The molecule has 0 spiro atoms. The molecule has 1 N–H and O–H groups in total. The number of hydrogen-bond acceptors (Lipinski definition) is 3. The molecule has 0 fully saturated rings. The normalized spacial score (nSPS) is 18.0. The lowest BCUT2D eigenvalue weighted by molar-refractivity contribution is -0.122. The molecule has 0 aromatic heterocycles. The highest BCUT2D eigenvalue weighted by Gasteiger charge is 2.32. The lowest BCUT2D eigenvalue weighted by atomic mass is 9.78. The van der Waals surface area contributed by atoms with Gasteiger partial charge in [-0.25, -0.2) is 0 Å². The van der Waals surface area contributed by atoms with Crippen molar-refractivity contribution in [3.05, 3.63) is 58.4 Å². The van der Waals surface area contributed by atoms with Crippen molar-refractivity contribution in [2.75, 3.05) is 0 Å². The van der Waals surface area contributed by atoms with E-state index in [4.69, 9.17) is 0 Å². The third kappa shape index (κ3) is 3.11. The number of hydrogen-bond donors (Lipinski definition) is 1. The number of benzene rings is 2. The molecule has 0 radical (unpaired) electrons. The van der Waals surface area contributed by atoms with E-state index in [1.54, 1.807) is 0 Å². The van der Waals surface area contributed by atoms with Crippen molar-refractivity contribution < 1.29 is 14.7 Å². The number of rotatable bonds is 4. The number of allylic oxidation sites excluding steroid dienone is 2. The highest BCUT2D eigenvalue weighted by molar-refractivity contribution is 6.21. The van der Waals surface area contributed by atoms with Crippen LogP contribution in [0.5, 0.6) is 0 Å². The zero-order chi connectivity index (χ0) is 18.1. The van der Waals surface area contributed by atoms with Crippen molar-refractivity contribution in [3.8, 4) is 0 Å². The van der Waals surface area contributed by atoms with Gasteiger partial charge in [0.25, 0.3) is 0 Å². The first-order chi connectivity index (χ1) is 11.9. The van der Waals surface area contributed by atoms with E-state index in [9.17, 15) is 14.7 Å². The fourth-order valence-electron chi connectivity index (χ4n) is 3.94. The Labute approximate surface area is 148 Å². The van der Waals surface area contributed by atoms with Gasteiger partial charge in [0.1, 0.15) is 5.76 Å². The van der Waals surface area contributed by atoms with Crippen LogP contribution in [0.3, 0.4) is 0 Å². The highest BCUT2D eigenvalue weighted by Crippen LogP contribution is 2.38. The molecule has 130 valence electrons. The van der Waals surface area contributed by atoms with Crippen LogP contribution in [0, 0.1) is 13.8 Å². The Morgan fingerprint density at radius 1 is 1.16 bits per heavy atom. The molecule has 25 heavy (non-hydrogen) atoms. The Balaban J connectivity index is 2.02. The molecule has 1 aliphatic rings. The van der Waals surface area contributed by atoms with E-state index in [0.29, 0.717) is 19.3 Å². The van der Waals surface area contributed by atoms with E-state index >= 15 is 0 Å². The summed E-state index contributed by atoms with van der Waals surface area (Å²) in [6.45, 7) is 6.04. The second kappa shape index (κ2) is 6.83. The zero-order valence-corrected chi connectivity index (χ0v) is 15.1. The summed E-state index contributed by atoms with van der Waals surface area (Å²) in [6.07, 6.45) is 1.63. The summed E-state index contributed by atoms with van der Waals surface area (Å²) in [5, 5.41) is 12.8. The number of Topliss-reactive ketones (excluding diaryl/α,β-unsaturated/α-hetero) is 2. The first kappa shape index (κ1) is 17.4. The minimum Gasteiger partial charge on any atom is -0.511 e. The minimum atomic E-state index is -0.227. The Hall–Kier alpha value is -2.42. The number of fused-ring (bicyclic) bond motifs is 1. The molecule has 1 atom stereocenters. The van der Waals surface area contributed by atoms with Gasteiger partial charge in [0, 0.05) is 19.3 Å². The van der Waals surface area contributed by atoms with E-state index < -0.39 is 0 Å². The van der Waals surface area contributed by atoms with Crippen LogP contribution in [0.25, 0.3) is 10.8 Å². The van der Waals surface area contributed by atoms with Crippen LogP contribution in [0.2, 0.25) is 0 Å². The molecule has 0 aliphatic heterocycles. The fraction of sp³-hybridized carbons (Fsp3) is 0.364. The third-order valence-electron chi connectivity index (χ3n) is 5.20. The summed E-state index contributed by atoms with van der Waals surface area (Å²) in [4.78, 5) is 24.6. The van der Waals surface area contributed by atoms with Gasteiger partial charge in [-0.15, -0.1) is 0 Å². The monoisotopic (exact) mass is 336 g/mol. The van der Waals surface area contributed by atoms with Crippen LogP contribution >= 0.6 is 0 Å². The first-order valence-corrected chi connectivity index (χ1v) is 8.91. The van der Waals surface area contributed by atoms with Crippen molar-refractivity contribution in [1.82, 2.24) is 0 Å². The SMILES string of the molecule is CCCC(=O)C1=C(O)CC(c2cc(C)c3ccccc3c2C)CC1=O. The Kier molecular flexibility index (Phi) is 4.76. The van der Waals surface area contributed by atoms with Gasteiger partial charge in [0.2, 0.25) is 0 Å². The number of aliphatic hydroxyl groups is 1. The van der Waals surface area contributed by atoms with Gasteiger partial charge in [-0.05, 0) is 53.6 Å². The maximum atomic E-state index is 12.5. The van der Waals surface area contributed by atoms with Crippen LogP contribution in [-0.4, -0.2) is 16.7 Å². The molecular formula is C22H24O3. The van der Waals surface area contributed by atoms with Gasteiger partial charge in [-0.1, -0.05) is 37.3 Å². The lowest BCUT2D eigenvalue weighted by Crippen LogP contribution is -2.24. The molecule has 3 nitrogen and oxygen atoms in total. The van der Waals surface area contributed by atoms with Gasteiger partial charge in [-0.3, -0.25) is 9.59 Å². The molecule has 3 rings (SSSR count). The van der Waals surface area contributed by atoms with Crippen LogP contribution in [0.15, 0.2) is 41.7 Å². The van der Waals surface area contributed by atoms with Gasteiger partial charge in [0.05, 0.1) is 5.57 Å². The van der Waals surface area contributed by atoms with Gasteiger partial charge in [-0.2, -0.15) is 0 Å². The predicted octanol–water partition coefficient (Wildman–Crippen LogP) is 5.08. The second-order valence-electron chi connectivity index (χ2n) is 6.98. The molecular weight excluding hydrogens is 312 g/mol. The summed E-state index contributed by atoms with van der Waals surface area (Å²) >= 11 is 0. The Morgan fingerprint density at radius 2 is 1.84 bits per heavy atom. The molecule has 2 aromatic rings. The van der Waals surface area contributed by atoms with Crippen LogP contribution in [0.4, 0.5) is 0 Å². The Bertz CT molecular complexity index is 890. The van der Waals surface area contributed by atoms with E-state index in [-0.39, 0.29) is 35.2 Å². The molecule has 0 heterocycles. The van der Waals surface area contributed by atoms with Crippen molar-refractivity contribution >= 4 is 22.3 Å². The second-order valence-corrected chi connectivity index (χ2v) is 6.98. The summed E-state index contributed by atoms with van der Waals surface area (Å²) in [6, 6.07) is 10.4. The van der Waals surface area contributed by atoms with Crippen molar-refractivity contribution in [2.45, 2.75) is 52.4 Å². The number of carbonyl (C=O) groups excluding carboxylic acids is 2.